The van der Waals surface area contributed by atoms with Crippen molar-refractivity contribution in [3.63, 3.8) is 0 Å². The average Bonchev–Trinajstić information content (AvgIpc) is 2.22. The third-order valence-corrected chi connectivity index (χ3v) is 2.52. The molecule has 0 rings (SSSR count). The lowest BCUT2D eigenvalue weighted by molar-refractivity contribution is -0.146. The molecule has 0 fully saturated rings. The van der Waals surface area contributed by atoms with E-state index in [1.54, 1.807) is 0 Å². The first kappa shape index (κ1) is 13.2. The molecule has 1 atom stereocenters. The van der Waals surface area contributed by atoms with Crippen molar-refractivity contribution in [2.45, 2.75) is 47.0 Å². The molecule has 0 saturated heterocycles. The predicted molar refractivity (Wildman–Crippen MR) is 59.1 cm³/mol. The van der Waals surface area contributed by atoms with Gasteiger partial charge >= 0.3 is 5.97 Å². The van der Waals surface area contributed by atoms with E-state index in [2.05, 4.69) is 13.8 Å². The molecule has 0 aromatic carbocycles. The molecule has 1 unspecified atom stereocenters. The van der Waals surface area contributed by atoms with E-state index in [0.717, 1.165) is 19.3 Å². The van der Waals surface area contributed by atoms with Gasteiger partial charge in [0.25, 0.3) is 0 Å². The molecular formula is C12H22O2. The van der Waals surface area contributed by atoms with Gasteiger partial charge < -0.3 is 4.74 Å². The first-order valence-corrected chi connectivity index (χ1v) is 5.50. The van der Waals surface area contributed by atoms with Crippen LogP contribution in [-0.4, -0.2) is 12.6 Å². The highest BCUT2D eigenvalue weighted by molar-refractivity contribution is 5.71. The Morgan fingerprint density at radius 2 is 1.86 bits per heavy atom. The fourth-order valence-electron chi connectivity index (χ4n) is 1.09. The van der Waals surface area contributed by atoms with Gasteiger partial charge in [0, 0.05) is 0 Å². The summed E-state index contributed by atoms with van der Waals surface area (Å²) < 4.78 is 5.11. The average molecular weight is 198 g/mol. The zero-order chi connectivity index (χ0) is 11.0. The monoisotopic (exact) mass is 198 g/mol. The largest absolute Gasteiger partial charge is 0.461 e. The SMILES string of the molecule is CCC(=CCOC(=O)C(C)CC)CC. The predicted octanol–water partition coefficient (Wildman–Crippen LogP) is 3.32. The van der Waals surface area contributed by atoms with Crippen molar-refractivity contribution in [1.82, 2.24) is 0 Å². The van der Waals surface area contributed by atoms with Crippen molar-refractivity contribution in [1.29, 1.82) is 0 Å². The maximum absolute atomic E-state index is 11.3. The molecule has 0 aliphatic rings. The lowest BCUT2D eigenvalue weighted by Crippen LogP contribution is -2.13. The van der Waals surface area contributed by atoms with Crippen LogP contribution in [0.25, 0.3) is 0 Å². The van der Waals surface area contributed by atoms with Gasteiger partial charge in [0.05, 0.1) is 5.92 Å². The summed E-state index contributed by atoms with van der Waals surface area (Å²) in [6.07, 6.45) is 4.94. The molecule has 0 aliphatic carbocycles. The summed E-state index contributed by atoms with van der Waals surface area (Å²) in [4.78, 5) is 11.3. The quantitative estimate of drug-likeness (QED) is 0.483. The van der Waals surface area contributed by atoms with Crippen molar-refractivity contribution in [3.05, 3.63) is 11.6 Å². The van der Waals surface area contributed by atoms with Gasteiger partial charge in [0.15, 0.2) is 0 Å². The first-order chi connectivity index (χ1) is 6.65. The van der Waals surface area contributed by atoms with Crippen LogP contribution in [0.15, 0.2) is 11.6 Å². The van der Waals surface area contributed by atoms with Crippen LogP contribution < -0.4 is 0 Å². The summed E-state index contributed by atoms with van der Waals surface area (Å²) in [5, 5.41) is 0. The second-order valence-electron chi connectivity index (χ2n) is 3.51. The van der Waals surface area contributed by atoms with Crippen LogP contribution in [0.2, 0.25) is 0 Å². The van der Waals surface area contributed by atoms with Crippen LogP contribution in [0.1, 0.15) is 47.0 Å². The van der Waals surface area contributed by atoms with Crippen LogP contribution in [0.5, 0.6) is 0 Å². The maximum atomic E-state index is 11.3. The Morgan fingerprint density at radius 3 is 2.29 bits per heavy atom. The summed E-state index contributed by atoms with van der Waals surface area (Å²) in [5.41, 5.74) is 1.35. The van der Waals surface area contributed by atoms with E-state index < -0.39 is 0 Å². The molecule has 0 saturated carbocycles. The number of allylic oxidation sites excluding steroid dienone is 1. The zero-order valence-electron chi connectivity index (χ0n) is 9.80. The molecule has 82 valence electrons. The molecule has 14 heavy (non-hydrogen) atoms. The maximum Gasteiger partial charge on any atom is 0.308 e. The van der Waals surface area contributed by atoms with Crippen molar-refractivity contribution in [2.75, 3.05) is 6.61 Å². The fraction of sp³-hybridized carbons (Fsp3) is 0.750. The zero-order valence-corrected chi connectivity index (χ0v) is 9.80. The van der Waals surface area contributed by atoms with E-state index in [1.165, 1.54) is 5.57 Å². The van der Waals surface area contributed by atoms with E-state index in [-0.39, 0.29) is 11.9 Å². The normalized spacial score (nSPS) is 12.0. The second kappa shape index (κ2) is 7.60. The molecule has 0 heterocycles. The minimum absolute atomic E-state index is 0.0232. The van der Waals surface area contributed by atoms with Gasteiger partial charge in [-0.1, -0.05) is 33.3 Å². The molecular weight excluding hydrogens is 176 g/mol. The number of hydrogen-bond donors (Lipinski definition) is 0. The summed E-state index contributed by atoms with van der Waals surface area (Å²) in [5.74, 6) is -0.0644. The lowest BCUT2D eigenvalue weighted by Gasteiger charge is -2.07. The van der Waals surface area contributed by atoms with Crippen molar-refractivity contribution in [2.24, 2.45) is 5.92 Å². The second-order valence-corrected chi connectivity index (χ2v) is 3.51. The Hall–Kier alpha value is -0.790. The number of rotatable bonds is 6. The molecule has 0 amide bonds. The van der Waals surface area contributed by atoms with E-state index >= 15 is 0 Å². The van der Waals surface area contributed by atoms with Crippen molar-refractivity contribution < 1.29 is 9.53 Å². The van der Waals surface area contributed by atoms with Gasteiger partial charge in [0.2, 0.25) is 0 Å². The van der Waals surface area contributed by atoms with Gasteiger partial charge in [-0.2, -0.15) is 0 Å². The molecule has 2 nitrogen and oxygen atoms in total. The number of esters is 1. The Kier molecular flexibility index (Phi) is 7.17. The first-order valence-electron chi connectivity index (χ1n) is 5.50. The van der Waals surface area contributed by atoms with E-state index in [1.807, 2.05) is 19.9 Å². The van der Waals surface area contributed by atoms with Gasteiger partial charge in [-0.3, -0.25) is 4.79 Å². The molecule has 0 N–H and O–H groups in total. The highest BCUT2D eigenvalue weighted by atomic mass is 16.5. The third kappa shape index (κ3) is 5.05. The van der Waals surface area contributed by atoms with Crippen LogP contribution in [0.4, 0.5) is 0 Å². The van der Waals surface area contributed by atoms with E-state index in [9.17, 15) is 4.79 Å². The minimum atomic E-state index is -0.0877. The summed E-state index contributed by atoms with van der Waals surface area (Å²) >= 11 is 0. The van der Waals surface area contributed by atoms with E-state index in [4.69, 9.17) is 4.74 Å². The topological polar surface area (TPSA) is 26.3 Å². The molecule has 0 aliphatic heterocycles. The van der Waals surface area contributed by atoms with Gasteiger partial charge in [-0.15, -0.1) is 0 Å². The third-order valence-electron chi connectivity index (χ3n) is 2.52. The van der Waals surface area contributed by atoms with Crippen molar-refractivity contribution >= 4 is 5.97 Å². The Bertz CT molecular complexity index is 188. The molecule has 0 radical (unpaired) electrons. The number of carbonyl (C=O) groups is 1. The Balaban J connectivity index is 3.83. The standard InChI is InChI=1S/C12H22O2/c1-5-10(4)12(13)14-9-8-11(6-2)7-3/h8,10H,5-7,9H2,1-4H3. The molecule has 0 aromatic heterocycles. The fourth-order valence-corrected chi connectivity index (χ4v) is 1.09. The molecule has 0 spiro atoms. The van der Waals surface area contributed by atoms with Gasteiger partial charge in [0.1, 0.15) is 6.61 Å². The number of hydrogen-bond acceptors (Lipinski definition) is 2. The Morgan fingerprint density at radius 1 is 1.29 bits per heavy atom. The van der Waals surface area contributed by atoms with Crippen LogP contribution in [0.3, 0.4) is 0 Å². The number of carbonyl (C=O) groups excluding carboxylic acids is 1. The van der Waals surface area contributed by atoms with Crippen LogP contribution in [-0.2, 0) is 9.53 Å². The van der Waals surface area contributed by atoms with Crippen LogP contribution in [0, 0.1) is 5.92 Å². The minimum Gasteiger partial charge on any atom is -0.461 e. The molecule has 0 bridgehead atoms. The highest BCUT2D eigenvalue weighted by Gasteiger charge is 2.10. The van der Waals surface area contributed by atoms with Crippen LogP contribution >= 0.6 is 0 Å². The Labute approximate surface area is 87.3 Å². The lowest BCUT2D eigenvalue weighted by atomic mass is 10.1. The smallest absolute Gasteiger partial charge is 0.308 e. The van der Waals surface area contributed by atoms with Crippen molar-refractivity contribution in [3.8, 4) is 0 Å². The number of ether oxygens (including phenoxy) is 1. The summed E-state index contributed by atoms with van der Waals surface area (Å²) in [6.45, 7) is 8.55. The highest BCUT2D eigenvalue weighted by Crippen LogP contribution is 2.06. The van der Waals surface area contributed by atoms with Gasteiger partial charge in [-0.25, -0.2) is 0 Å². The molecule has 2 heteroatoms. The van der Waals surface area contributed by atoms with E-state index in [0.29, 0.717) is 6.61 Å². The molecule has 0 aromatic rings. The summed E-state index contributed by atoms with van der Waals surface area (Å²) in [6, 6.07) is 0. The summed E-state index contributed by atoms with van der Waals surface area (Å²) in [7, 11) is 0. The van der Waals surface area contributed by atoms with Gasteiger partial charge in [-0.05, 0) is 25.3 Å².